The zero-order valence-corrected chi connectivity index (χ0v) is 12.9. The summed E-state index contributed by atoms with van der Waals surface area (Å²) in [6.07, 6.45) is -0.702. The summed E-state index contributed by atoms with van der Waals surface area (Å²) in [4.78, 5) is 44.1. The molecule has 1 rings (SSSR count). The Morgan fingerprint density at radius 3 is 2.25 bits per heavy atom. The van der Waals surface area contributed by atoms with E-state index < -0.39 is 30.4 Å². The summed E-state index contributed by atoms with van der Waals surface area (Å²) in [6.45, 7) is -0.814. The molecule has 0 fully saturated rings. The molecule has 0 heterocycles. The molecular formula is C15H18N3O6-. The topological polar surface area (TPSA) is 137 Å². The highest BCUT2D eigenvalue weighted by Gasteiger charge is 2.07. The molecule has 0 aliphatic carbocycles. The maximum atomic E-state index is 11.4. The first-order chi connectivity index (χ1) is 11.5. The quantitative estimate of drug-likeness (QED) is 0.491. The van der Waals surface area contributed by atoms with Crippen molar-refractivity contribution in [2.45, 2.75) is 13.0 Å². The fraction of sp³-hybridized carbons (Fsp3) is 0.333. The lowest BCUT2D eigenvalue weighted by molar-refractivity contribution is -0.304. The molecule has 24 heavy (non-hydrogen) atoms. The third-order valence-corrected chi connectivity index (χ3v) is 2.71. The number of ether oxygens (including phenoxy) is 1. The van der Waals surface area contributed by atoms with Gasteiger partial charge in [0.15, 0.2) is 0 Å². The molecule has 9 heteroatoms. The Labute approximate surface area is 138 Å². The number of benzene rings is 1. The van der Waals surface area contributed by atoms with Gasteiger partial charge in [0, 0.05) is 13.0 Å². The molecule has 0 saturated carbocycles. The molecular weight excluding hydrogens is 318 g/mol. The van der Waals surface area contributed by atoms with Gasteiger partial charge in [-0.3, -0.25) is 9.59 Å². The normalized spacial score (nSPS) is 9.67. The zero-order valence-electron chi connectivity index (χ0n) is 12.9. The predicted octanol–water partition coefficient (Wildman–Crippen LogP) is -1.71. The lowest BCUT2D eigenvalue weighted by Crippen LogP contribution is -2.43. The van der Waals surface area contributed by atoms with Crippen LogP contribution in [0.15, 0.2) is 30.3 Å². The van der Waals surface area contributed by atoms with E-state index in [2.05, 4.69) is 10.6 Å². The summed E-state index contributed by atoms with van der Waals surface area (Å²) in [5.74, 6) is -2.54. The van der Waals surface area contributed by atoms with Crippen molar-refractivity contribution in [3.8, 4) is 0 Å². The summed E-state index contributed by atoms with van der Waals surface area (Å²) >= 11 is 0. The number of amides is 3. The summed E-state index contributed by atoms with van der Waals surface area (Å²) in [5, 5.41) is 16.8. The number of carbonyl (C=O) groups excluding carboxylic acids is 4. The number of rotatable bonds is 9. The molecule has 3 amide bonds. The van der Waals surface area contributed by atoms with Crippen LogP contribution in [0.5, 0.6) is 0 Å². The molecule has 1 aromatic rings. The highest BCUT2D eigenvalue weighted by Crippen LogP contribution is 2.00. The van der Waals surface area contributed by atoms with E-state index in [0.29, 0.717) is 0 Å². The number of carboxylic acid groups (broad SMARTS) is 1. The molecule has 1 aromatic carbocycles. The first-order valence-corrected chi connectivity index (χ1v) is 7.15. The fourth-order valence-corrected chi connectivity index (χ4v) is 1.55. The van der Waals surface area contributed by atoms with Crippen LogP contribution in [0.1, 0.15) is 12.0 Å². The number of hydrogen-bond acceptors (Lipinski definition) is 6. The minimum atomic E-state index is -1.42. The highest BCUT2D eigenvalue weighted by atomic mass is 16.5. The zero-order chi connectivity index (χ0) is 17.8. The molecule has 0 aromatic heterocycles. The molecule has 0 saturated heterocycles. The van der Waals surface area contributed by atoms with Gasteiger partial charge in [-0.25, -0.2) is 4.79 Å². The van der Waals surface area contributed by atoms with E-state index in [4.69, 9.17) is 4.74 Å². The number of nitrogens with one attached hydrogen (secondary N) is 3. The van der Waals surface area contributed by atoms with Gasteiger partial charge in [0.25, 0.3) is 0 Å². The maximum absolute atomic E-state index is 11.4. The van der Waals surface area contributed by atoms with E-state index in [9.17, 15) is 24.3 Å². The first kappa shape index (κ1) is 18.9. The number of aliphatic carboxylic acids is 1. The number of carbonyl (C=O) groups is 4. The van der Waals surface area contributed by atoms with E-state index >= 15 is 0 Å². The highest BCUT2D eigenvalue weighted by molar-refractivity contribution is 5.86. The average molecular weight is 336 g/mol. The van der Waals surface area contributed by atoms with Gasteiger partial charge in [0.05, 0.1) is 19.1 Å². The van der Waals surface area contributed by atoms with Crippen LogP contribution in [0.25, 0.3) is 0 Å². The Bertz CT molecular complexity index is 576. The van der Waals surface area contributed by atoms with Gasteiger partial charge in [0.1, 0.15) is 6.61 Å². The van der Waals surface area contributed by atoms with Crippen LogP contribution in [0.4, 0.5) is 4.79 Å². The third-order valence-electron chi connectivity index (χ3n) is 2.71. The smallest absolute Gasteiger partial charge is 0.407 e. The Morgan fingerprint density at radius 2 is 1.58 bits per heavy atom. The number of hydrogen-bond donors (Lipinski definition) is 3. The fourth-order valence-electron chi connectivity index (χ4n) is 1.55. The van der Waals surface area contributed by atoms with Crippen molar-refractivity contribution in [1.29, 1.82) is 0 Å². The van der Waals surface area contributed by atoms with Crippen LogP contribution in [-0.4, -0.2) is 43.5 Å². The molecule has 0 unspecified atom stereocenters. The molecule has 0 aliphatic rings. The van der Waals surface area contributed by atoms with Crippen LogP contribution in [0, 0.1) is 0 Å². The van der Waals surface area contributed by atoms with Crippen LogP contribution >= 0.6 is 0 Å². The van der Waals surface area contributed by atoms with Gasteiger partial charge in [-0.05, 0) is 5.56 Å². The largest absolute Gasteiger partial charge is 0.548 e. The van der Waals surface area contributed by atoms with Crippen molar-refractivity contribution >= 4 is 23.9 Å². The summed E-state index contributed by atoms with van der Waals surface area (Å²) in [7, 11) is 0. The molecule has 0 bridgehead atoms. The molecule has 0 atom stereocenters. The van der Waals surface area contributed by atoms with Crippen molar-refractivity contribution < 1.29 is 29.0 Å². The van der Waals surface area contributed by atoms with Crippen LogP contribution in [0.3, 0.4) is 0 Å². The van der Waals surface area contributed by atoms with Gasteiger partial charge < -0.3 is 30.6 Å². The molecule has 9 nitrogen and oxygen atoms in total. The lowest BCUT2D eigenvalue weighted by Gasteiger charge is -2.08. The van der Waals surface area contributed by atoms with Gasteiger partial charge in [-0.2, -0.15) is 0 Å². The minimum absolute atomic E-state index is 0.0418. The standard InChI is InChI=1S/C15H19N3O6/c19-12(17-8-13(20)18-9-14(21)22)6-7-16-15(23)24-10-11-4-2-1-3-5-11/h1-5H,6-10H2,(H,16,23)(H,17,19)(H,18,20)(H,21,22)/p-1. The molecule has 0 spiro atoms. The van der Waals surface area contributed by atoms with Gasteiger partial charge in [-0.15, -0.1) is 0 Å². The van der Waals surface area contributed by atoms with Crippen LogP contribution < -0.4 is 21.1 Å². The van der Waals surface area contributed by atoms with Gasteiger partial charge >= 0.3 is 6.09 Å². The Balaban J connectivity index is 2.08. The monoisotopic (exact) mass is 336 g/mol. The SMILES string of the molecule is O=C([O-])CNC(=O)CNC(=O)CCNC(=O)OCc1ccccc1. The van der Waals surface area contributed by atoms with Crippen molar-refractivity contribution in [2.75, 3.05) is 19.6 Å². The van der Waals surface area contributed by atoms with E-state index in [1.807, 2.05) is 35.6 Å². The third kappa shape index (κ3) is 9.03. The predicted molar refractivity (Wildman–Crippen MR) is 80.3 cm³/mol. The van der Waals surface area contributed by atoms with Gasteiger partial charge in [-0.1, -0.05) is 30.3 Å². The van der Waals surface area contributed by atoms with Crippen molar-refractivity contribution in [3.63, 3.8) is 0 Å². The first-order valence-electron chi connectivity index (χ1n) is 7.15. The minimum Gasteiger partial charge on any atom is -0.548 e. The van der Waals surface area contributed by atoms with Crippen molar-refractivity contribution in [1.82, 2.24) is 16.0 Å². The van der Waals surface area contributed by atoms with Gasteiger partial charge in [0.2, 0.25) is 11.8 Å². The Morgan fingerprint density at radius 1 is 0.917 bits per heavy atom. The van der Waals surface area contributed by atoms with Crippen LogP contribution in [0.2, 0.25) is 0 Å². The summed E-state index contributed by atoms with van der Waals surface area (Å²) < 4.78 is 4.96. The Hall–Kier alpha value is -3.10. The second kappa shape index (κ2) is 10.6. The average Bonchev–Trinajstić information content (AvgIpc) is 2.57. The molecule has 0 aliphatic heterocycles. The molecule has 3 N–H and O–H groups in total. The summed E-state index contributed by atoms with van der Waals surface area (Å²) in [5.41, 5.74) is 0.841. The van der Waals surface area contributed by atoms with E-state index in [1.165, 1.54) is 0 Å². The van der Waals surface area contributed by atoms with E-state index in [-0.39, 0.29) is 26.1 Å². The second-order valence-electron chi connectivity index (χ2n) is 4.66. The number of alkyl carbamates (subject to hydrolysis) is 1. The van der Waals surface area contributed by atoms with Crippen molar-refractivity contribution in [3.05, 3.63) is 35.9 Å². The molecule has 0 radical (unpaired) electrons. The van der Waals surface area contributed by atoms with E-state index in [1.54, 1.807) is 0 Å². The summed E-state index contributed by atoms with van der Waals surface area (Å²) in [6, 6.07) is 9.12. The van der Waals surface area contributed by atoms with E-state index in [0.717, 1.165) is 5.56 Å². The lowest BCUT2D eigenvalue weighted by atomic mass is 10.2. The van der Waals surface area contributed by atoms with Crippen molar-refractivity contribution in [2.24, 2.45) is 0 Å². The number of carboxylic acids is 1. The molecule has 130 valence electrons. The van der Waals surface area contributed by atoms with Crippen LogP contribution in [-0.2, 0) is 25.7 Å². The maximum Gasteiger partial charge on any atom is 0.407 e. The Kier molecular flexibility index (Phi) is 8.37. The second-order valence-corrected chi connectivity index (χ2v) is 4.66.